The number of carboxylic acids is 1. The molecule has 1 atom stereocenters. The number of carbonyl (C=O) groups is 5. The molecule has 0 bridgehead atoms. The first kappa shape index (κ1) is 27.6. The fourth-order valence-corrected chi connectivity index (χ4v) is 2.94. The van der Waals surface area contributed by atoms with Crippen LogP contribution in [0.2, 0.25) is 0 Å². The topological polar surface area (TPSA) is 148 Å². The van der Waals surface area contributed by atoms with Gasteiger partial charge in [0.15, 0.2) is 12.4 Å². The van der Waals surface area contributed by atoms with Crippen LogP contribution >= 0.6 is 0 Å². The molecular formula is C23H32N2O8. The van der Waals surface area contributed by atoms with Crippen molar-refractivity contribution in [2.75, 3.05) is 20.3 Å². The molecule has 10 heteroatoms. The highest BCUT2D eigenvalue weighted by molar-refractivity contribution is 5.97. The maximum Gasteiger partial charge on any atom is 0.343 e. The van der Waals surface area contributed by atoms with Crippen molar-refractivity contribution in [2.24, 2.45) is 0 Å². The Hall–Kier alpha value is -3.43. The molecule has 0 heterocycles. The van der Waals surface area contributed by atoms with Crippen LogP contribution in [0.5, 0.6) is 5.75 Å². The van der Waals surface area contributed by atoms with E-state index in [-0.39, 0.29) is 43.0 Å². The summed E-state index contributed by atoms with van der Waals surface area (Å²) in [5.74, 6) is -2.77. The van der Waals surface area contributed by atoms with Gasteiger partial charge >= 0.3 is 11.9 Å². The molecule has 3 N–H and O–H groups in total. The Morgan fingerprint density at radius 1 is 1.09 bits per heavy atom. The molecule has 0 spiro atoms. The second-order valence-electron chi connectivity index (χ2n) is 7.47. The SMILES string of the molecule is CCCCCNC(=O)[C@H](Cc1ccc(OCC(=O)OC)c(C(C)=O)c1)NC(=O)CCC(=O)O. The standard InChI is InChI=1S/C23H32N2O8/c1-4-5-6-11-24-23(31)18(25-20(27)9-10-21(28)29)13-16-7-8-19(17(12-16)15(2)26)33-14-22(30)32-3/h7-8,12,18H,4-6,9-11,13-14H2,1-3H3,(H,24,31)(H,25,27)(H,28,29)/t18-/m0/s1. The first-order valence-corrected chi connectivity index (χ1v) is 10.8. The number of amides is 2. The number of unbranched alkanes of at least 4 members (excludes halogenated alkanes) is 2. The summed E-state index contributed by atoms with van der Waals surface area (Å²) in [7, 11) is 1.22. The van der Waals surface area contributed by atoms with Crippen molar-refractivity contribution < 1.29 is 38.6 Å². The van der Waals surface area contributed by atoms with E-state index in [1.165, 1.54) is 26.2 Å². The number of aliphatic carboxylic acids is 1. The average molecular weight is 465 g/mol. The first-order valence-electron chi connectivity index (χ1n) is 10.8. The highest BCUT2D eigenvalue weighted by Crippen LogP contribution is 2.22. The van der Waals surface area contributed by atoms with Crippen molar-refractivity contribution in [3.8, 4) is 5.75 Å². The van der Waals surface area contributed by atoms with E-state index in [0.717, 1.165) is 19.3 Å². The van der Waals surface area contributed by atoms with Gasteiger partial charge in [0.25, 0.3) is 0 Å². The highest BCUT2D eigenvalue weighted by Gasteiger charge is 2.22. The lowest BCUT2D eigenvalue weighted by molar-refractivity contribution is -0.143. The lowest BCUT2D eigenvalue weighted by Crippen LogP contribution is -2.48. The molecular weight excluding hydrogens is 432 g/mol. The van der Waals surface area contributed by atoms with E-state index in [9.17, 15) is 24.0 Å². The number of ether oxygens (including phenoxy) is 2. The number of ketones is 1. The van der Waals surface area contributed by atoms with Gasteiger partial charge in [-0.1, -0.05) is 25.8 Å². The predicted octanol–water partition coefficient (Wildman–Crippen LogP) is 1.64. The van der Waals surface area contributed by atoms with Crippen LogP contribution in [0.3, 0.4) is 0 Å². The third-order valence-electron chi connectivity index (χ3n) is 4.73. The third kappa shape index (κ3) is 10.6. The van der Waals surface area contributed by atoms with E-state index in [0.29, 0.717) is 12.1 Å². The van der Waals surface area contributed by atoms with Gasteiger partial charge in [0.1, 0.15) is 11.8 Å². The van der Waals surface area contributed by atoms with Gasteiger partial charge in [0.05, 0.1) is 19.1 Å². The number of carboxylic acid groups (broad SMARTS) is 1. The van der Waals surface area contributed by atoms with Gasteiger partial charge in [-0.2, -0.15) is 0 Å². The van der Waals surface area contributed by atoms with Gasteiger partial charge in [0.2, 0.25) is 11.8 Å². The highest BCUT2D eigenvalue weighted by atomic mass is 16.6. The minimum atomic E-state index is -1.11. The van der Waals surface area contributed by atoms with Crippen LogP contribution in [0.4, 0.5) is 0 Å². The molecule has 1 aromatic rings. The molecule has 0 aliphatic carbocycles. The van der Waals surface area contributed by atoms with Gasteiger partial charge < -0.3 is 25.2 Å². The van der Waals surface area contributed by atoms with E-state index in [1.54, 1.807) is 6.07 Å². The summed E-state index contributed by atoms with van der Waals surface area (Å²) in [6, 6.07) is 3.72. The summed E-state index contributed by atoms with van der Waals surface area (Å²) >= 11 is 0. The Morgan fingerprint density at radius 3 is 2.42 bits per heavy atom. The van der Waals surface area contributed by atoms with Crippen LogP contribution in [-0.4, -0.2) is 60.9 Å². The zero-order valence-corrected chi connectivity index (χ0v) is 19.3. The van der Waals surface area contributed by atoms with Crippen LogP contribution in [0.1, 0.15) is 61.9 Å². The molecule has 1 rings (SSSR count). The molecule has 182 valence electrons. The fourth-order valence-electron chi connectivity index (χ4n) is 2.94. The largest absolute Gasteiger partial charge is 0.481 e. The minimum absolute atomic E-state index is 0.0793. The Balaban J connectivity index is 3.00. The van der Waals surface area contributed by atoms with E-state index in [1.807, 2.05) is 6.92 Å². The number of hydrogen-bond donors (Lipinski definition) is 3. The van der Waals surface area contributed by atoms with Crippen molar-refractivity contribution >= 4 is 29.5 Å². The number of carbonyl (C=O) groups excluding carboxylic acids is 4. The van der Waals surface area contributed by atoms with Crippen molar-refractivity contribution in [1.82, 2.24) is 10.6 Å². The number of nitrogens with one attached hydrogen (secondary N) is 2. The Bertz CT molecular complexity index is 853. The number of Topliss-reactive ketones (excluding diaryl/α,β-unsaturated/α-hetero) is 1. The van der Waals surface area contributed by atoms with Crippen LogP contribution in [0, 0.1) is 0 Å². The quantitative estimate of drug-likeness (QED) is 0.202. The predicted molar refractivity (Wildman–Crippen MR) is 119 cm³/mol. The number of hydrogen-bond acceptors (Lipinski definition) is 7. The first-order chi connectivity index (χ1) is 15.7. The fraction of sp³-hybridized carbons (Fsp3) is 0.522. The molecule has 1 aromatic carbocycles. The number of rotatable bonds is 15. The van der Waals surface area contributed by atoms with E-state index >= 15 is 0 Å². The average Bonchev–Trinajstić information content (AvgIpc) is 2.78. The third-order valence-corrected chi connectivity index (χ3v) is 4.73. The molecule has 0 radical (unpaired) electrons. The molecule has 0 saturated carbocycles. The molecule has 0 aromatic heterocycles. The van der Waals surface area contributed by atoms with Crippen LogP contribution in [-0.2, 0) is 30.3 Å². The number of benzene rings is 1. The summed E-state index contributed by atoms with van der Waals surface area (Å²) in [4.78, 5) is 59.0. The second kappa shape index (κ2) is 14.6. The lowest BCUT2D eigenvalue weighted by Gasteiger charge is -2.19. The van der Waals surface area contributed by atoms with E-state index in [4.69, 9.17) is 9.84 Å². The van der Waals surface area contributed by atoms with Gasteiger partial charge in [-0.15, -0.1) is 0 Å². The minimum Gasteiger partial charge on any atom is -0.481 e. The van der Waals surface area contributed by atoms with Gasteiger partial charge in [-0.05, 0) is 31.0 Å². The summed E-state index contributed by atoms with van der Waals surface area (Å²) in [6.45, 7) is 3.47. The molecule has 0 aliphatic rings. The number of methoxy groups -OCH3 is 1. The Kier molecular flexibility index (Phi) is 12.2. The molecule has 33 heavy (non-hydrogen) atoms. The van der Waals surface area contributed by atoms with Crippen molar-refractivity contribution in [1.29, 1.82) is 0 Å². The normalized spacial score (nSPS) is 11.2. The smallest absolute Gasteiger partial charge is 0.343 e. The molecule has 0 fully saturated rings. The van der Waals surface area contributed by atoms with Crippen molar-refractivity contribution in [2.45, 2.75) is 58.4 Å². The lowest BCUT2D eigenvalue weighted by atomic mass is 10.00. The molecule has 10 nitrogen and oxygen atoms in total. The second-order valence-corrected chi connectivity index (χ2v) is 7.47. The monoisotopic (exact) mass is 464 g/mol. The van der Waals surface area contributed by atoms with Crippen LogP contribution in [0.25, 0.3) is 0 Å². The van der Waals surface area contributed by atoms with E-state index < -0.39 is 29.8 Å². The summed E-state index contributed by atoms with van der Waals surface area (Å²) in [5, 5.41) is 14.1. The molecule has 0 saturated heterocycles. The summed E-state index contributed by atoms with van der Waals surface area (Å²) < 4.78 is 9.88. The summed E-state index contributed by atoms with van der Waals surface area (Å²) in [6.07, 6.45) is 2.21. The zero-order chi connectivity index (χ0) is 24.8. The van der Waals surface area contributed by atoms with Gasteiger partial charge in [-0.25, -0.2) is 4.79 Å². The zero-order valence-electron chi connectivity index (χ0n) is 19.3. The van der Waals surface area contributed by atoms with Gasteiger partial charge in [0, 0.05) is 19.4 Å². The Labute approximate surface area is 193 Å². The van der Waals surface area contributed by atoms with Crippen molar-refractivity contribution in [3.63, 3.8) is 0 Å². The molecule has 0 unspecified atom stereocenters. The van der Waals surface area contributed by atoms with Crippen molar-refractivity contribution in [3.05, 3.63) is 29.3 Å². The number of esters is 1. The Morgan fingerprint density at radius 2 is 1.82 bits per heavy atom. The van der Waals surface area contributed by atoms with Crippen LogP contribution < -0.4 is 15.4 Å². The molecule has 0 aliphatic heterocycles. The van der Waals surface area contributed by atoms with Crippen LogP contribution in [0.15, 0.2) is 18.2 Å². The molecule has 2 amide bonds. The van der Waals surface area contributed by atoms with Gasteiger partial charge in [-0.3, -0.25) is 19.2 Å². The summed E-state index contributed by atoms with van der Waals surface area (Å²) in [5.41, 5.74) is 0.800. The maximum absolute atomic E-state index is 12.7. The maximum atomic E-state index is 12.7. The van der Waals surface area contributed by atoms with E-state index in [2.05, 4.69) is 15.4 Å².